The van der Waals surface area contributed by atoms with E-state index < -0.39 is 0 Å². The summed E-state index contributed by atoms with van der Waals surface area (Å²) in [5.41, 5.74) is 5.58. The molecule has 102 valence electrons. The van der Waals surface area contributed by atoms with Crippen LogP contribution >= 0.6 is 0 Å². The topological polar surface area (TPSA) is 42.2 Å². The second-order valence-corrected chi connectivity index (χ2v) is 5.27. The fourth-order valence-electron chi connectivity index (χ4n) is 2.15. The monoisotopic (exact) mass is 258 g/mol. The standard InChI is InChI=1S/C15H22N4/c1-10(2)6-7-16-12(4)14-9-17-15-8-11(3)18-19(15)13(14)5/h6,8-9,12,16H,7H2,1-5H3. The Morgan fingerprint density at radius 1 is 1.42 bits per heavy atom. The molecule has 0 aliphatic heterocycles. The van der Waals surface area contributed by atoms with Crippen LogP contribution in [0.15, 0.2) is 23.9 Å². The van der Waals surface area contributed by atoms with Gasteiger partial charge in [-0.15, -0.1) is 0 Å². The molecule has 0 aromatic carbocycles. The highest BCUT2D eigenvalue weighted by molar-refractivity contribution is 5.42. The fourth-order valence-corrected chi connectivity index (χ4v) is 2.15. The zero-order valence-electron chi connectivity index (χ0n) is 12.4. The quantitative estimate of drug-likeness (QED) is 0.857. The summed E-state index contributed by atoms with van der Waals surface area (Å²) >= 11 is 0. The molecule has 0 radical (unpaired) electrons. The van der Waals surface area contributed by atoms with Gasteiger partial charge in [-0.2, -0.15) is 5.10 Å². The molecule has 0 saturated carbocycles. The lowest BCUT2D eigenvalue weighted by Crippen LogP contribution is -2.20. The predicted octanol–water partition coefficient (Wildman–Crippen LogP) is 2.96. The first kappa shape index (κ1) is 13.7. The normalized spacial score (nSPS) is 12.7. The molecule has 2 aromatic heterocycles. The molecule has 0 fully saturated rings. The van der Waals surface area contributed by atoms with Crippen molar-refractivity contribution in [1.29, 1.82) is 0 Å². The first-order valence-corrected chi connectivity index (χ1v) is 6.67. The highest BCUT2D eigenvalue weighted by atomic mass is 15.3. The van der Waals surface area contributed by atoms with Gasteiger partial charge in [-0.1, -0.05) is 11.6 Å². The number of allylic oxidation sites excluding steroid dienone is 1. The van der Waals surface area contributed by atoms with Crippen LogP contribution in [0.5, 0.6) is 0 Å². The first-order chi connectivity index (χ1) is 8.99. The van der Waals surface area contributed by atoms with Crippen LogP contribution in [0.4, 0.5) is 0 Å². The van der Waals surface area contributed by atoms with Crippen LogP contribution in [-0.2, 0) is 0 Å². The first-order valence-electron chi connectivity index (χ1n) is 6.67. The minimum absolute atomic E-state index is 0.261. The molecule has 2 rings (SSSR count). The van der Waals surface area contributed by atoms with E-state index in [0.29, 0.717) is 0 Å². The van der Waals surface area contributed by atoms with Gasteiger partial charge in [-0.25, -0.2) is 9.50 Å². The van der Waals surface area contributed by atoms with Crippen molar-refractivity contribution in [3.05, 3.63) is 40.9 Å². The van der Waals surface area contributed by atoms with Crippen LogP contribution in [-0.4, -0.2) is 21.1 Å². The lowest BCUT2D eigenvalue weighted by Gasteiger charge is -2.15. The van der Waals surface area contributed by atoms with Gasteiger partial charge in [-0.3, -0.25) is 0 Å². The molecule has 0 aliphatic carbocycles. The number of fused-ring (bicyclic) bond motifs is 1. The van der Waals surface area contributed by atoms with Crippen molar-refractivity contribution in [1.82, 2.24) is 19.9 Å². The summed E-state index contributed by atoms with van der Waals surface area (Å²) in [7, 11) is 0. The van der Waals surface area contributed by atoms with Gasteiger partial charge in [0.25, 0.3) is 0 Å². The van der Waals surface area contributed by atoms with E-state index in [4.69, 9.17) is 0 Å². The minimum atomic E-state index is 0.261. The second-order valence-electron chi connectivity index (χ2n) is 5.27. The number of aromatic nitrogens is 3. The molecule has 2 heterocycles. The van der Waals surface area contributed by atoms with E-state index in [0.717, 1.165) is 23.6 Å². The lowest BCUT2D eigenvalue weighted by molar-refractivity contribution is 0.603. The molecule has 1 atom stereocenters. The summed E-state index contributed by atoms with van der Waals surface area (Å²) in [6.45, 7) is 11.3. The van der Waals surface area contributed by atoms with Gasteiger partial charge in [0.2, 0.25) is 0 Å². The summed E-state index contributed by atoms with van der Waals surface area (Å²) in [5.74, 6) is 0. The maximum Gasteiger partial charge on any atom is 0.155 e. The molecular formula is C15H22N4. The SMILES string of the molecule is CC(C)=CCNC(C)c1cnc2cc(C)nn2c1C. The third-order valence-electron chi connectivity index (χ3n) is 3.28. The van der Waals surface area contributed by atoms with Gasteiger partial charge in [0.1, 0.15) is 0 Å². The molecule has 0 saturated heterocycles. The van der Waals surface area contributed by atoms with Crippen LogP contribution in [0.1, 0.15) is 43.8 Å². The molecule has 4 heteroatoms. The average Bonchev–Trinajstić information content (AvgIpc) is 2.70. The zero-order chi connectivity index (χ0) is 14.0. The number of nitrogens with zero attached hydrogens (tertiary/aromatic N) is 3. The number of nitrogens with one attached hydrogen (secondary N) is 1. The van der Waals surface area contributed by atoms with Gasteiger partial charge in [0.15, 0.2) is 5.65 Å². The van der Waals surface area contributed by atoms with Crippen LogP contribution in [0.25, 0.3) is 5.65 Å². The van der Waals surface area contributed by atoms with Crippen molar-refractivity contribution >= 4 is 5.65 Å². The van der Waals surface area contributed by atoms with E-state index in [2.05, 4.69) is 49.2 Å². The van der Waals surface area contributed by atoms with Gasteiger partial charge >= 0.3 is 0 Å². The van der Waals surface area contributed by atoms with Gasteiger partial charge in [0, 0.05) is 36.1 Å². The third kappa shape index (κ3) is 3.01. The number of hydrogen-bond donors (Lipinski definition) is 1. The molecular weight excluding hydrogens is 236 g/mol. The van der Waals surface area contributed by atoms with Crippen molar-refractivity contribution in [2.45, 2.75) is 40.7 Å². The van der Waals surface area contributed by atoms with Crippen molar-refractivity contribution < 1.29 is 0 Å². The van der Waals surface area contributed by atoms with Gasteiger partial charge in [-0.05, 0) is 34.6 Å². The van der Waals surface area contributed by atoms with E-state index in [1.807, 2.05) is 23.7 Å². The number of hydrogen-bond acceptors (Lipinski definition) is 3. The van der Waals surface area contributed by atoms with Crippen molar-refractivity contribution in [2.75, 3.05) is 6.54 Å². The molecule has 1 N–H and O–H groups in total. The smallest absolute Gasteiger partial charge is 0.155 e. The lowest BCUT2D eigenvalue weighted by atomic mass is 10.1. The fraction of sp³-hybridized carbons (Fsp3) is 0.467. The second kappa shape index (κ2) is 5.53. The molecule has 0 bridgehead atoms. The Morgan fingerprint density at radius 3 is 2.84 bits per heavy atom. The molecule has 2 aromatic rings. The zero-order valence-corrected chi connectivity index (χ0v) is 12.4. The number of aryl methyl sites for hydroxylation is 2. The number of rotatable bonds is 4. The molecule has 4 nitrogen and oxygen atoms in total. The maximum absolute atomic E-state index is 4.48. The van der Waals surface area contributed by atoms with Crippen LogP contribution in [0.3, 0.4) is 0 Å². The van der Waals surface area contributed by atoms with E-state index in [1.165, 1.54) is 11.1 Å². The Kier molecular flexibility index (Phi) is 4.00. The highest BCUT2D eigenvalue weighted by Gasteiger charge is 2.12. The van der Waals surface area contributed by atoms with E-state index in [-0.39, 0.29) is 6.04 Å². The molecule has 1 unspecified atom stereocenters. The summed E-state index contributed by atoms with van der Waals surface area (Å²) in [6, 6.07) is 2.26. The Balaban J connectivity index is 2.24. The Labute approximate surface area is 114 Å². The van der Waals surface area contributed by atoms with Crippen LogP contribution in [0.2, 0.25) is 0 Å². The molecule has 19 heavy (non-hydrogen) atoms. The summed E-state index contributed by atoms with van der Waals surface area (Å²) in [4.78, 5) is 4.47. The van der Waals surface area contributed by atoms with Crippen LogP contribution in [0, 0.1) is 13.8 Å². The Hall–Kier alpha value is -1.68. The summed E-state index contributed by atoms with van der Waals surface area (Å²) < 4.78 is 1.92. The largest absolute Gasteiger partial charge is 0.307 e. The molecule has 0 amide bonds. The molecule has 0 spiro atoms. The van der Waals surface area contributed by atoms with Crippen molar-refractivity contribution in [3.8, 4) is 0 Å². The van der Waals surface area contributed by atoms with Gasteiger partial charge < -0.3 is 5.32 Å². The maximum atomic E-state index is 4.48. The highest BCUT2D eigenvalue weighted by Crippen LogP contribution is 2.17. The van der Waals surface area contributed by atoms with E-state index in [9.17, 15) is 0 Å². The van der Waals surface area contributed by atoms with E-state index in [1.54, 1.807) is 0 Å². The summed E-state index contributed by atoms with van der Waals surface area (Å²) in [5, 5.41) is 7.96. The van der Waals surface area contributed by atoms with E-state index >= 15 is 0 Å². The summed E-state index contributed by atoms with van der Waals surface area (Å²) in [6.07, 6.45) is 4.14. The van der Waals surface area contributed by atoms with Crippen molar-refractivity contribution in [3.63, 3.8) is 0 Å². The van der Waals surface area contributed by atoms with Gasteiger partial charge in [0.05, 0.1) is 5.69 Å². The predicted molar refractivity (Wildman–Crippen MR) is 78.3 cm³/mol. The average molecular weight is 258 g/mol. The minimum Gasteiger partial charge on any atom is -0.307 e. The molecule has 0 aliphatic rings. The van der Waals surface area contributed by atoms with Crippen molar-refractivity contribution in [2.24, 2.45) is 0 Å². The Morgan fingerprint density at radius 2 is 2.16 bits per heavy atom. The third-order valence-corrected chi connectivity index (χ3v) is 3.28. The van der Waals surface area contributed by atoms with Crippen LogP contribution < -0.4 is 5.32 Å². The Bertz CT molecular complexity index is 606.